The van der Waals surface area contributed by atoms with Gasteiger partial charge in [-0.1, -0.05) is 36.4 Å². The molecule has 8 heteroatoms. The number of aromatic nitrogens is 1. The van der Waals surface area contributed by atoms with Gasteiger partial charge in [-0.2, -0.15) is 10.4 Å². The maximum Gasteiger partial charge on any atom is 0.269 e. The van der Waals surface area contributed by atoms with Crippen LogP contribution in [0.2, 0.25) is 0 Å². The van der Waals surface area contributed by atoms with Crippen LogP contribution in [0.5, 0.6) is 0 Å². The van der Waals surface area contributed by atoms with Gasteiger partial charge in [-0.15, -0.1) is 11.3 Å². The van der Waals surface area contributed by atoms with Crippen LogP contribution in [-0.4, -0.2) is 15.6 Å². The van der Waals surface area contributed by atoms with E-state index in [4.69, 9.17) is 0 Å². The van der Waals surface area contributed by atoms with Crippen LogP contribution in [0.15, 0.2) is 77.2 Å². The molecule has 0 bridgehead atoms. The molecule has 140 valence electrons. The summed E-state index contributed by atoms with van der Waals surface area (Å²) in [5.74, 6) is 0. The predicted molar refractivity (Wildman–Crippen MR) is 114 cm³/mol. The van der Waals surface area contributed by atoms with Gasteiger partial charge in [0.1, 0.15) is 6.07 Å². The SMILES string of the molecule is N#C/C(=N/Nc1cccc2ccccc12)c1nc(-c2ccc([N+](=O)[O-])cc2)cs1. The molecule has 0 fully saturated rings. The molecular weight excluding hydrogens is 386 g/mol. The zero-order valence-electron chi connectivity index (χ0n) is 14.9. The number of non-ortho nitro benzene ring substituents is 1. The smallest absolute Gasteiger partial charge is 0.269 e. The van der Waals surface area contributed by atoms with Gasteiger partial charge in [0.2, 0.25) is 0 Å². The highest BCUT2D eigenvalue weighted by Crippen LogP contribution is 2.25. The highest BCUT2D eigenvalue weighted by atomic mass is 32.1. The Labute approximate surface area is 169 Å². The minimum atomic E-state index is -0.449. The third kappa shape index (κ3) is 3.81. The monoisotopic (exact) mass is 399 g/mol. The normalized spacial score (nSPS) is 11.2. The van der Waals surface area contributed by atoms with Crippen LogP contribution in [0.25, 0.3) is 22.0 Å². The third-order valence-electron chi connectivity index (χ3n) is 4.26. The second-order valence-corrected chi connectivity index (χ2v) is 6.91. The van der Waals surface area contributed by atoms with Gasteiger partial charge in [0.15, 0.2) is 10.7 Å². The number of nitriles is 1. The van der Waals surface area contributed by atoms with Crippen molar-refractivity contribution >= 4 is 39.2 Å². The number of nitrogens with zero attached hydrogens (tertiary/aromatic N) is 4. The summed E-state index contributed by atoms with van der Waals surface area (Å²) in [5, 5.41) is 28.9. The van der Waals surface area contributed by atoms with E-state index < -0.39 is 4.92 Å². The van der Waals surface area contributed by atoms with E-state index in [2.05, 4.69) is 21.6 Å². The van der Waals surface area contributed by atoms with E-state index in [1.807, 2.05) is 42.5 Å². The Morgan fingerprint density at radius 3 is 2.62 bits per heavy atom. The average molecular weight is 399 g/mol. The Morgan fingerprint density at radius 1 is 1.10 bits per heavy atom. The van der Waals surface area contributed by atoms with Crippen molar-refractivity contribution in [3.63, 3.8) is 0 Å². The first-order valence-electron chi connectivity index (χ1n) is 8.58. The predicted octanol–water partition coefficient (Wildman–Crippen LogP) is 5.21. The van der Waals surface area contributed by atoms with Crippen LogP contribution in [0.1, 0.15) is 5.01 Å². The largest absolute Gasteiger partial charge is 0.276 e. The van der Waals surface area contributed by atoms with Gasteiger partial charge >= 0.3 is 0 Å². The van der Waals surface area contributed by atoms with Crippen molar-refractivity contribution in [1.29, 1.82) is 5.26 Å². The molecule has 4 aromatic rings. The zero-order chi connectivity index (χ0) is 20.2. The quantitative estimate of drug-likeness (QED) is 0.282. The number of thiazole rings is 1. The number of benzene rings is 3. The molecule has 0 atom stereocenters. The van der Waals surface area contributed by atoms with Crippen LogP contribution >= 0.6 is 11.3 Å². The Bertz CT molecular complexity index is 1270. The molecule has 1 N–H and O–H groups in total. The number of rotatable bonds is 5. The summed E-state index contributed by atoms with van der Waals surface area (Å²) in [7, 11) is 0. The highest BCUT2D eigenvalue weighted by molar-refractivity contribution is 7.12. The summed E-state index contributed by atoms with van der Waals surface area (Å²) in [5.41, 5.74) is 5.30. The summed E-state index contributed by atoms with van der Waals surface area (Å²) in [6.45, 7) is 0. The summed E-state index contributed by atoms with van der Waals surface area (Å²) in [6.07, 6.45) is 0. The van der Waals surface area contributed by atoms with Crippen molar-refractivity contribution in [3.05, 3.63) is 87.2 Å². The number of hydrogen-bond acceptors (Lipinski definition) is 7. The number of hydrazone groups is 1. The van der Waals surface area contributed by atoms with E-state index >= 15 is 0 Å². The third-order valence-corrected chi connectivity index (χ3v) is 5.11. The Morgan fingerprint density at radius 2 is 1.86 bits per heavy atom. The van der Waals surface area contributed by atoms with Crippen LogP contribution < -0.4 is 5.43 Å². The molecule has 0 radical (unpaired) electrons. The van der Waals surface area contributed by atoms with E-state index in [0.717, 1.165) is 22.0 Å². The fraction of sp³-hybridized carbons (Fsp3) is 0. The second kappa shape index (κ2) is 7.88. The second-order valence-electron chi connectivity index (χ2n) is 6.05. The number of nitro benzene ring substituents is 1. The van der Waals surface area contributed by atoms with Crippen molar-refractivity contribution in [2.24, 2.45) is 5.10 Å². The van der Waals surface area contributed by atoms with Crippen molar-refractivity contribution in [3.8, 4) is 17.3 Å². The molecule has 0 aliphatic carbocycles. The minimum absolute atomic E-state index is 0.0165. The van der Waals surface area contributed by atoms with Gasteiger partial charge in [-0.05, 0) is 23.6 Å². The number of anilines is 1. The molecule has 29 heavy (non-hydrogen) atoms. The lowest BCUT2D eigenvalue weighted by Gasteiger charge is -2.05. The van der Waals surface area contributed by atoms with Crippen molar-refractivity contribution in [2.45, 2.75) is 0 Å². The molecule has 3 aromatic carbocycles. The molecule has 0 aliphatic rings. The molecule has 0 saturated heterocycles. The van der Waals surface area contributed by atoms with Gasteiger partial charge < -0.3 is 0 Å². The standard InChI is InChI=1S/C21H13N5O2S/c22-12-19(25-24-18-7-3-5-14-4-1-2-6-17(14)18)21-23-20(13-29-21)15-8-10-16(11-9-15)26(27)28/h1-11,13,24H/b25-19-. The Kier molecular flexibility index (Phi) is 4.97. The zero-order valence-corrected chi connectivity index (χ0v) is 15.8. The lowest BCUT2D eigenvalue weighted by atomic mass is 10.1. The first-order valence-corrected chi connectivity index (χ1v) is 9.46. The number of nitro groups is 1. The summed E-state index contributed by atoms with van der Waals surface area (Å²) in [4.78, 5) is 14.8. The van der Waals surface area contributed by atoms with E-state index in [1.54, 1.807) is 17.5 Å². The van der Waals surface area contributed by atoms with Gasteiger partial charge in [0.05, 0.1) is 16.3 Å². The topological polar surface area (TPSA) is 104 Å². The molecule has 0 saturated carbocycles. The van der Waals surface area contributed by atoms with Gasteiger partial charge in [-0.25, -0.2) is 4.98 Å². The molecule has 0 spiro atoms. The fourth-order valence-corrected chi connectivity index (χ4v) is 3.59. The molecule has 0 unspecified atom stereocenters. The summed E-state index contributed by atoms with van der Waals surface area (Å²) >= 11 is 1.29. The number of fused-ring (bicyclic) bond motifs is 1. The van der Waals surface area contributed by atoms with E-state index in [0.29, 0.717) is 10.7 Å². The van der Waals surface area contributed by atoms with Gasteiger partial charge in [0, 0.05) is 28.5 Å². The summed E-state index contributed by atoms with van der Waals surface area (Å²) in [6, 6.07) is 21.9. The first-order chi connectivity index (χ1) is 14.2. The number of hydrogen-bond donors (Lipinski definition) is 1. The van der Waals surface area contributed by atoms with E-state index in [-0.39, 0.29) is 11.4 Å². The lowest BCUT2D eigenvalue weighted by Crippen LogP contribution is -2.01. The van der Waals surface area contributed by atoms with Crippen LogP contribution in [-0.2, 0) is 0 Å². The maximum absolute atomic E-state index is 10.8. The molecular formula is C21H13N5O2S. The van der Waals surface area contributed by atoms with Crippen LogP contribution in [0.3, 0.4) is 0 Å². The highest BCUT2D eigenvalue weighted by Gasteiger charge is 2.12. The van der Waals surface area contributed by atoms with Crippen molar-refractivity contribution in [2.75, 3.05) is 5.43 Å². The molecule has 0 amide bonds. The molecule has 1 aromatic heterocycles. The van der Waals surface area contributed by atoms with Crippen molar-refractivity contribution < 1.29 is 4.92 Å². The molecule has 7 nitrogen and oxygen atoms in total. The minimum Gasteiger partial charge on any atom is -0.276 e. The first kappa shape index (κ1) is 18.3. The Hall–Kier alpha value is -4.09. The van der Waals surface area contributed by atoms with Gasteiger partial charge in [0.25, 0.3) is 5.69 Å². The van der Waals surface area contributed by atoms with Gasteiger partial charge in [-0.3, -0.25) is 15.5 Å². The lowest BCUT2D eigenvalue weighted by molar-refractivity contribution is -0.384. The van der Waals surface area contributed by atoms with E-state index in [1.165, 1.54) is 23.5 Å². The molecule has 4 rings (SSSR count). The fourth-order valence-electron chi connectivity index (χ4n) is 2.83. The van der Waals surface area contributed by atoms with Crippen LogP contribution in [0, 0.1) is 21.4 Å². The number of nitrogens with one attached hydrogen (secondary N) is 1. The average Bonchev–Trinajstić information content (AvgIpc) is 3.24. The van der Waals surface area contributed by atoms with Crippen molar-refractivity contribution in [1.82, 2.24) is 4.98 Å². The summed E-state index contributed by atoms with van der Waals surface area (Å²) < 4.78 is 0. The van der Waals surface area contributed by atoms with E-state index in [9.17, 15) is 15.4 Å². The Balaban J connectivity index is 1.60. The molecule has 0 aliphatic heterocycles. The maximum atomic E-state index is 10.8. The van der Waals surface area contributed by atoms with Crippen LogP contribution in [0.4, 0.5) is 11.4 Å². The molecule has 1 heterocycles.